The highest BCUT2D eigenvalue weighted by atomic mass is 19.3. The SMILES string of the molecule is O=C(/C=C/c1ccc(OC(F)F)cc1OC(F)F)Nn1cnc2ccccc2c1=O. The highest BCUT2D eigenvalue weighted by molar-refractivity contribution is 5.97. The van der Waals surface area contributed by atoms with Gasteiger partial charge in [0.15, 0.2) is 0 Å². The van der Waals surface area contributed by atoms with Crippen molar-refractivity contribution >= 4 is 22.9 Å². The summed E-state index contributed by atoms with van der Waals surface area (Å²) < 4.78 is 59.1. The smallest absolute Gasteiger partial charge is 0.387 e. The maximum Gasteiger partial charge on any atom is 0.387 e. The Morgan fingerprint density at radius 1 is 1.07 bits per heavy atom. The Labute approximate surface area is 166 Å². The lowest BCUT2D eigenvalue weighted by Crippen LogP contribution is -2.32. The number of hydrogen-bond acceptors (Lipinski definition) is 5. The number of hydrogen-bond donors (Lipinski definition) is 1. The summed E-state index contributed by atoms with van der Waals surface area (Å²) in [6.45, 7) is -6.37. The topological polar surface area (TPSA) is 82.4 Å². The van der Waals surface area contributed by atoms with Crippen LogP contribution in [0.4, 0.5) is 17.6 Å². The molecule has 11 heteroatoms. The standard InChI is InChI=1S/C19H13F4N3O4/c20-18(21)29-12-7-5-11(15(9-12)30-19(22)23)6-8-16(27)25-26-10-24-14-4-2-1-3-13(14)17(26)28/h1-10,18-19H,(H,25,27)/b8-6+. The highest BCUT2D eigenvalue weighted by Crippen LogP contribution is 2.28. The number of nitrogens with one attached hydrogen (secondary N) is 1. The van der Waals surface area contributed by atoms with E-state index in [1.54, 1.807) is 24.3 Å². The predicted molar refractivity (Wildman–Crippen MR) is 99.1 cm³/mol. The summed E-state index contributed by atoms with van der Waals surface area (Å²) in [6, 6.07) is 9.62. The van der Waals surface area contributed by atoms with Crippen molar-refractivity contribution in [2.75, 3.05) is 5.43 Å². The molecule has 0 spiro atoms. The minimum atomic E-state index is -3.23. The number of fused-ring (bicyclic) bond motifs is 1. The van der Waals surface area contributed by atoms with Gasteiger partial charge in [0, 0.05) is 17.7 Å². The number of halogens is 4. The lowest BCUT2D eigenvalue weighted by atomic mass is 10.1. The number of para-hydroxylation sites is 1. The molecule has 3 aromatic rings. The van der Waals surface area contributed by atoms with Gasteiger partial charge in [0.1, 0.15) is 17.8 Å². The summed E-state index contributed by atoms with van der Waals surface area (Å²) in [7, 11) is 0. The molecule has 2 aromatic carbocycles. The zero-order valence-electron chi connectivity index (χ0n) is 15.0. The van der Waals surface area contributed by atoms with E-state index in [2.05, 4.69) is 19.9 Å². The number of carbonyl (C=O) groups excluding carboxylic acids is 1. The fourth-order valence-electron chi connectivity index (χ4n) is 2.50. The number of amides is 1. The Kier molecular flexibility index (Phi) is 6.30. The average molecular weight is 423 g/mol. The molecular formula is C19H13F4N3O4. The van der Waals surface area contributed by atoms with Crippen molar-refractivity contribution in [2.24, 2.45) is 0 Å². The van der Waals surface area contributed by atoms with E-state index in [0.717, 1.165) is 41.4 Å². The van der Waals surface area contributed by atoms with E-state index in [1.165, 1.54) is 0 Å². The van der Waals surface area contributed by atoms with Crippen molar-refractivity contribution < 1.29 is 31.8 Å². The third-order valence-electron chi connectivity index (χ3n) is 3.74. The summed E-state index contributed by atoms with van der Waals surface area (Å²) in [6.07, 6.45) is 3.18. The quantitative estimate of drug-likeness (QED) is 0.466. The fourth-order valence-corrected chi connectivity index (χ4v) is 2.50. The van der Waals surface area contributed by atoms with Crippen LogP contribution in [0.2, 0.25) is 0 Å². The molecular weight excluding hydrogens is 410 g/mol. The summed E-state index contributed by atoms with van der Waals surface area (Å²) in [5, 5.41) is 0.284. The predicted octanol–water partition coefficient (Wildman–Crippen LogP) is 3.38. The summed E-state index contributed by atoms with van der Waals surface area (Å²) in [4.78, 5) is 28.5. The molecule has 156 valence electrons. The first-order valence-electron chi connectivity index (χ1n) is 8.32. The maximum atomic E-state index is 12.6. The molecule has 1 heterocycles. The van der Waals surface area contributed by atoms with E-state index < -0.39 is 36.2 Å². The minimum absolute atomic E-state index is 0.00366. The van der Waals surface area contributed by atoms with Gasteiger partial charge in [-0.2, -0.15) is 17.6 Å². The van der Waals surface area contributed by atoms with Crippen molar-refractivity contribution in [3.63, 3.8) is 0 Å². The molecule has 1 N–H and O–H groups in total. The first-order chi connectivity index (χ1) is 14.3. The van der Waals surface area contributed by atoms with Gasteiger partial charge in [-0.1, -0.05) is 12.1 Å². The number of carbonyl (C=O) groups is 1. The largest absolute Gasteiger partial charge is 0.435 e. The Balaban J connectivity index is 1.80. The zero-order valence-corrected chi connectivity index (χ0v) is 15.0. The molecule has 0 radical (unpaired) electrons. The lowest BCUT2D eigenvalue weighted by molar-refractivity contribution is -0.112. The molecule has 0 atom stereocenters. The molecule has 0 saturated carbocycles. The maximum absolute atomic E-state index is 12.6. The second-order valence-electron chi connectivity index (χ2n) is 5.70. The number of aromatic nitrogens is 2. The number of benzene rings is 2. The van der Waals surface area contributed by atoms with E-state index >= 15 is 0 Å². The van der Waals surface area contributed by atoms with Crippen molar-refractivity contribution in [1.82, 2.24) is 9.66 Å². The fraction of sp³-hybridized carbons (Fsp3) is 0.105. The Morgan fingerprint density at radius 3 is 2.53 bits per heavy atom. The van der Waals surface area contributed by atoms with Crippen LogP contribution in [0.25, 0.3) is 17.0 Å². The van der Waals surface area contributed by atoms with Crippen molar-refractivity contribution in [3.8, 4) is 11.5 Å². The van der Waals surface area contributed by atoms with Gasteiger partial charge in [-0.05, 0) is 30.3 Å². The molecule has 0 fully saturated rings. The second-order valence-corrected chi connectivity index (χ2v) is 5.70. The van der Waals surface area contributed by atoms with Crippen LogP contribution in [0.15, 0.2) is 59.7 Å². The summed E-state index contributed by atoms with van der Waals surface area (Å²) in [5.74, 6) is -1.64. The number of alkyl halides is 4. The van der Waals surface area contributed by atoms with Crippen LogP contribution in [0.1, 0.15) is 5.56 Å². The molecule has 1 amide bonds. The van der Waals surface area contributed by atoms with Gasteiger partial charge in [0.05, 0.1) is 10.9 Å². The van der Waals surface area contributed by atoms with E-state index in [4.69, 9.17) is 0 Å². The first kappa shape index (κ1) is 20.8. The molecule has 0 aliphatic rings. The molecule has 0 aliphatic carbocycles. The van der Waals surface area contributed by atoms with Gasteiger partial charge in [-0.15, -0.1) is 0 Å². The normalized spacial score (nSPS) is 11.4. The number of rotatable bonds is 7. The van der Waals surface area contributed by atoms with E-state index in [1.807, 2.05) is 0 Å². The van der Waals surface area contributed by atoms with Crippen LogP contribution in [-0.2, 0) is 4.79 Å². The monoisotopic (exact) mass is 423 g/mol. The van der Waals surface area contributed by atoms with E-state index in [-0.39, 0.29) is 10.9 Å². The molecule has 7 nitrogen and oxygen atoms in total. The van der Waals surface area contributed by atoms with E-state index in [0.29, 0.717) is 5.52 Å². The molecule has 0 aliphatic heterocycles. The average Bonchev–Trinajstić information content (AvgIpc) is 2.69. The lowest BCUT2D eigenvalue weighted by Gasteiger charge is -2.11. The first-order valence-corrected chi connectivity index (χ1v) is 8.32. The number of nitrogens with zero attached hydrogens (tertiary/aromatic N) is 2. The van der Waals surface area contributed by atoms with Crippen molar-refractivity contribution in [1.29, 1.82) is 0 Å². The van der Waals surface area contributed by atoms with Crippen molar-refractivity contribution in [2.45, 2.75) is 13.2 Å². The molecule has 0 saturated heterocycles. The van der Waals surface area contributed by atoms with Crippen LogP contribution in [-0.4, -0.2) is 28.8 Å². The van der Waals surface area contributed by atoms with Gasteiger partial charge in [0.2, 0.25) is 0 Å². The number of ether oxygens (including phenoxy) is 2. The van der Waals surface area contributed by atoms with Gasteiger partial charge in [-0.25, -0.2) is 9.66 Å². The third kappa shape index (κ3) is 5.13. The van der Waals surface area contributed by atoms with Gasteiger partial charge in [-0.3, -0.25) is 15.0 Å². The Bertz CT molecular complexity index is 1150. The van der Waals surface area contributed by atoms with Gasteiger partial charge in [0.25, 0.3) is 11.5 Å². The van der Waals surface area contributed by atoms with Crippen LogP contribution in [0.3, 0.4) is 0 Å². The zero-order chi connectivity index (χ0) is 21.7. The van der Waals surface area contributed by atoms with Gasteiger partial charge >= 0.3 is 13.2 Å². The third-order valence-corrected chi connectivity index (χ3v) is 3.74. The summed E-state index contributed by atoms with van der Waals surface area (Å²) >= 11 is 0. The van der Waals surface area contributed by atoms with Crippen LogP contribution >= 0.6 is 0 Å². The molecule has 0 bridgehead atoms. The molecule has 1 aromatic heterocycles. The molecule has 30 heavy (non-hydrogen) atoms. The molecule has 0 unspecified atom stereocenters. The van der Waals surface area contributed by atoms with Crippen LogP contribution in [0.5, 0.6) is 11.5 Å². The van der Waals surface area contributed by atoms with Crippen LogP contribution < -0.4 is 20.5 Å². The Hall–Kier alpha value is -3.89. The Morgan fingerprint density at radius 2 is 1.80 bits per heavy atom. The van der Waals surface area contributed by atoms with Crippen molar-refractivity contribution in [3.05, 3.63) is 70.8 Å². The van der Waals surface area contributed by atoms with E-state index in [9.17, 15) is 27.2 Å². The van der Waals surface area contributed by atoms with Gasteiger partial charge < -0.3 is 9.47 Å². The second kappa shape index (κ2) is 9.07. The summed E-state index contributed by atoms with van der Waals surface area (Å²) in [5.41, 5.74) is 2.20. The highest BCUT2D eigenvalue weighted by Gasteiger charge is 2.13. The molecule has 3 rings (SSSR count). The minimum Gasteiger partial charge on any atom is -0.435 e. The van der Waals surface area contributed by atoms with Crippen LogP contribution in [0, 0.1) is 0 Å².